The summed E-state index contributed by atoms with van der Waals surface area (Å²) in [5, 5.41) is 0. The fourth-order valence-corrected chi connectivity index (χ4v) is 4.20. The molecule has 0 radical (unpaired) electrons. The summed E-state index contributed by atoms with van der Waals surface area (Å²) < 4.78 is 46.8. The van der Waals surface area contributed by atoms with Gasteiger partial charge in [-0.2, -0.15) is 17.0 Å². The Hall–Kier alpha value is -1.77. The van der Waals surface area contributed by atoms with Gasteiger partial charge in [0.15, 0.2) is 5.89 Å². The molecule has 3 rings (SSSR count). The van der Waals surface area contributed by atoms with Crippen LogP contribution in [0.4, 0.5) is 4.39 Å². The molecule has 1 unspecified atom stereocenters. The summed E-state index contributed by atoms with van der Waals surface area (Å²) in [5.74, 6) is 0.733. The zero-order valence-corrected chi connectivity index (χ0v) is 15.2. The van der Waals surface area contributed by atoms with Gasteiger partial charge in [-0.05, 0) is 24.5 Å². The van der Waals surface area contributed by atoms with Gasteiger partial charge in [-0.25, -0.2) is 9.37 Å². The second kappa shape index (κ2) is 7.23. The lowest BCUT2D eigenvalue weighted by atomic mass is 10.00. The minimum absolute atomic E-state index is 0.0853. The van der Waals surface area contributed by atoms with Crippen LogP contribution in [0.3, 0.4) is 0 Å². The number of piperidine rings is 1. The van der Waals surface area contributed by atoms with Crippen molar-refractivity contribution in [2.45, 2.75) is 25.2 Å². The average molecular weight is 367 g/mol. The van der Waals surface area contributed by atoms with Crippen LogP contribution in [0.25, 0.3) is 0 Å². The fraction of sp³-hybridized carbons (Fsp3) is 0.471. The molecule has 2 heterocycles. The lowest BCUT2D eigenvalue weighted by Gasteiger charge is -2.32. The van der Waals surface area contributed by atoms with Crippen molar-refractivity contribution in [3.8, 4) is 0 Å². The summed E-state index contributed by atoms with van der Waals surface area (Å²) in [5.41, 5.74) is 0.547. The third-order valence-corrected chi connectivity index (χ3v) is 6.32. The van der Waals surface area contributed by atoms with E-state index in [0.717, 1.165) is 12.8 Å². The van der Waals surface area contributed by atoms with Crippen LogP contribution < -0.4 is 0 Å². The second-order valence-corrected chi connectivity index (χ2v) is 8.56. The molecule has 136 valence electrons. The minimum atomic E-state index is -3.44. The molecule has 8 heteroatoms. The molecule has 2 aromatic rings. The van der Waals surface area contributed by atoms with Gasteiger partial charge in [-0.15, -0.1) is 0 Å². The first-order valence-corrected chi connectivity index (χ1v) is 9.63. The highest BCUT2D eigenvalue weighted by Gasteiger charge is 2.33. The van der Waals surface area contributed by atoms with Crippen LogP contribution >= 0.6 is 0 Å². The number of halogens is 1. The Kier molecular flexibility index (Phi) is 5.21. The van der Waals surface area contributed by atoms with Gasteiger partial charge >= 0.3 is 0 Å². The van der Waals surface area contributed by atoms with Crippen LogP contribution in [0.5, 0.6) is 0 Å². The lowest BCUT2D eigenvalue weighted by Crippen LogP contribution is -2.44. The number of hydrogen-bond acceptors (Lipinski definition) is 4. The van der Waals surface area contributed by atoms with E-state index in [4.69, 9.17) is 4.42 Å². The van der Waals surface area contributed by atoms with Crippen molar-refractivity contribution in [1.29, 1.82) is 0 Å². The van der Waals surface area contributed by atoms with E-state index in [1.54, 1.807) is 24.4 Å². The van der Waals surface area contributed by atoms with E-state index in [-0.39, 0.29) is 11.7 Å². The number of rotatable bonds is 5. The highest BCUT2D eigenvalue weighted by Crippen LogP contribution is 2.29. The van der Waals surface area contributed by atoms with E-state index in [9.17, 15) is 12.8 Å². The number of benzene rings is 1. The summed E-state index contributed by atoms with van der Waals surface area (Å²) in [6.07, 6.45) is 3.50. The Morgan fingerprint density at radius 1 is 1.36 bits per heavy atom. The monoisotopic (exact) mass is 367 g/mol. The maximum Gasteiger partial charge on any atom is 0.281 e. The van der Waals surface area contributed by atoms with Crippen LogP contribution in [-0.2, 0) is 16.6 Å². The van der Waals surface area contributed by atoms with Gasteiger partial charge in [-0.3, -0.25) is 0 Å². The van der Waals surface area contributed by atoms with Crippen molar-refractivity contribution >= 4 is 10.2 Å². The molecular weight excluding hydrogens is 345 g/mol. The summed E-state index contributed by atoms with van der Waals surface area (Å²) in [4.78, 5) is 4.30. The molecule has 0 aliphatic carbocycles. The number of nitrogens with zero attached hydrogens (tertiary/aromatic N) is 3. The van der Waals surface area contributed by atoms with Crippen LogP contribution in [0.15, 0.2) is 34.9 Å². The molecule has 1 aliphatic heterocycles. The van der Waals surface area contributed by atoms with E-state index in [1.165, 1.54) is 28.8 Å². The van der Waals surface area contributed by atoms with E-state index in [1.807, 2.05) is 0 Å². The molecule has 0 N–H and O–H groups in total. The predicted molar refractivity (Wildman–Crippen MR) is 91.9 cm³/mol. The highest BCUT2D eigenvalue weighted by atomic mass is 32.2. The molecule has 0 saturated carbocycles. The first-order chi connectivity index (χ1) is 11.9. The zero-order chi connectivity index (χ0) is 18.0. The Morgan fingerprint density at radius 3 is 2.84 bits per heavy atom. The van der Waals surface area contributed by atoms with Crippen molar-refractivity contribution in [1.82, 2.24) is 13.6 Å². The van der Waals surface area contributed by atoms with Gasteiger partial charge in [0, 0.05) is 39.5 Å². The van der Waals surface area contributed by atoms with Gasteiger partial charge in [0.05, 0.1) is 6.20 Å². The summed E-state index contributed by atoms with van der Waals surface area (Å²) >= 11 is 0. The second-order valence-electron chi connectivity index (χ2n) is 6.42. The minimum Gasteiger partial charge on any atom is -0.445 e. The van der Waals surface area contributed by atoms with Crippen LogP contribution in [-0.4, -0.2) is 49.2 Å². The molecule has 0 spiro atoms. The SMILES string of the molecule is CN(C)S(=O)(=O)N1CCCC(c2ncc(Cc3ccccc3F)o2)C1. The molecule has 0 amide bonds. The first-order valence-electron chi connectivity index (χ1n) is 8.23. The molecule has 1 atom stereocenters. The molecule has 1 saturated heterocycles. The van der Waals surface area contributed by atoms with Crippen molar-refractivity contribution in [2.24, 2.45) is 0 Å². The predicted octanol–water partition coefficient (Wildman–Crippen LogP) is 2.39. The largest absolute Gasteiger partial charge is 0.445 e. The first kappa shape index (κ1) is 18.0. The molecule has 1 aliphatic rings. The maximum atomic E-state index is 13.8. The van der Waals surface area contributed by atoms with Crippen molar-refractivity contribution in [2.75, 3.05) is 27.2 Å². The van der Waals surface area contributed by atoms with E-state index in [2.05, 4.69) is 4.98 Å². The van der Waals surface area contributed by atoms with Crippen molar-refractivity contribution in [3.63, 3.8) is 0 Å². The lowest BCUT2D eigenvalue weighted by molar-refractivity contribution is 0.270. The Balaban J connectivity index is 1.73. The highest BCUT2D eigenvalue weighted by molar-refractivity contribution is 7.86. The standard InChI is InChI=1S/C17H22FN3O3S/c1-20(2)25(22,23)21-9-5-7-14(12-21)17-19-11-15(24-17)10-13-6-3-4-8-16(13)18/h3-4,6,8,11,14H,5,7,9-10,12H2,1-2H3. The van der Waals surface area contributed by atoms with E-state index >= 15 is 0 Å². The van der Waals surface area contributed by atoms with Crippen LogP contribution in [0, 0.1) is 5.82 Å². The summed E-state index contributed by atoms with van der Waals surface area (Å²) in [7, 11) is -0.392. The maximum absolute atomic E-state index is 13.8. The van der Waals surface area contributed by atoms with Gasteiger partial charge in [0.1, 0.15) is 11.6 Å². The molecule has 1 aromatic carbocycles. The normalized spacial score (nSPS) is 19.4. The number of aromatic nitrogens is 1. The molecular formula is C17H22FN3O3S. The third kappa shape index (κ3) is 3.91. The quantitative estimate of drug-likeness (QED) is 0.814. The number of hydrogen-bond donors (Lipinski definition) is 0. The molecule has 0 bridgehead atoms. The van der Waals surface area contributed by atoms with E-state index < -0.39 is 10.2 Å². The van der Waals surface area contributed by atoms with Crippen molar-refractivity contribution < 1.29 is 17.2 Å². The summed E-state index contributed by atoms with van der Waals surface area (Å²) in [6.45, 7) is 0.847. The van der Waals surface area contributed by atoms with Gasteiger partial charge in [0.25, 0.3) is 10.2 Å². The zero-order valence-electron chi connectivity index (χ0n) is 14.4. The topological polar surface area (TPSA) is 66.7 Å². The fourth-order valence-electron chi connectivity index (χ4n) is 3.01. The molecule has 6 nitrogen and oxygen atoms in total. The van der Waals surface area contributed by atoms with E-state index in [0.29, 0.717) is 36.7 Å². The smallest absolute Gasteiger partial charge is 0.281 e. The van der Waals surface area contributed by atoms with Crippen LogP contribution in [0.2, 0.25) is 0 Å². The van der Waals surface area contributed by atoms with Crippen molar-refractivity contribution in [3.05, 3.63) is 53.5 Å². The Morgan fingerprint density at radius 2 is 2.12 bits per heavy atom. The molecule has 25 heavy (non-hydrogen) atoms. The Bertz CT molecular complexity index is 835. The number of oxazole rings is 1. The summed E-state index contributed by atoms with van der Waals surface area (Å²) in [6, 6.07) is 6.55. The van der Waals surface area contributed by atoms with Crippen LogP contribution in [0.1, 0.15) is 36.0 Å². The Labute approximate surface area is 147 Å². The van der Waals surface area contributed by atoms with Gasteiger partial charge in [-0.1, -0.05) is 18.2 Å². The molecule has 1 fully saturated rings. The average Bonchev–Trinajstić information content (AvgIpc) is 3.05. The van der Waals surface area contributed by atoms with Gasteiger partial charge < -0.3 is 4.42 Å². The molecule has 1 aromatic heterocycles. The van der Waals surface area contributed by atoms with Gasteiger partial charge in [0.2, 0.25) is 0 Å². The third-order valence-electron chi connectivity index (χ3n) is 4.42.